The molecule has 1 atom stereocenters. The van der Waals surface area contributed by atoms with Crippen molar-refractivity contribution in [2.75, 3.05) is 0 Å². The van der Waals surface area contributed by atoms with E-state index in [1.165, 1.54) is 25.7 Å². The van der Waals surface area contributed by atoms with Crippen LogP contribution in [0, 0.1) is 16.7 Å². The summed E-state index contributed by atoms with van der Waals surface area (Å²) in [7, 11) is 0. The van der Waals surface area contributed by atoms with E-state index < -0.39 is 0 Å². The summed E-state index contributed by atoms with van der Waals surface area (Å²) in [5.74, 6) is 0.979. The third-order valence-corrected chi connectivity index (χ3v) is 4.61. The Kier molecular flexibility index (Phi) is 1.07. The van der Waals surface area contributed by atoms with Crippen molar-refractivity contribution in [3.63, 3.8) is 0 Å². The second kappa shape index (κ2) is 1.60. The van der Waals surface area contributed by atoms with Gasteiger partial charge in [-0.15, -0.1) is 0 Å². The van der Waals surface area contributed by atoms with Crippen LogP contribution < -0.4 is 0 Å². The first-order chi connectivity index (χ1) is 4.58. The highest BCUT2D eigenvalue weighted by Crippen LogP contribution is 2.69. The maximum Gasteiger partial charge on any atom is -0.0241 e. The molecule has 2 rings (SSSR count). The molecule has 0 saturated heterocycles. The molecule has 2 aliphatic carbocycles. The Balaban J connectivity index is 2.15. The highest BCUT2D eigenvalue weighted by Gasteiger charge is 2.59. The SMILES string of the molecule is CC1CC2(CCC2)C1(C)C. The van der Waals surface area contributed by atoms with Gasteiger partial charge in [0.05, 0.1) is 0 Å². The van der Waals surface area contributed by atoms with Crippen LogP contribution in [-0.2, 0) is 0 Å². The zero-order valence-corrected chi connectivity index (χ0v) is 7.41. The van der Waals surface area contributed by atoms with Crippen molar-refractivity contribution in [2.24, 2.45) is 16.7 Å². The van der Waals surface area contributed by atoms with Crippen molar-refractivity contribution in [1.82, 2.24) is 0 Å². The topological polar surface area (TPSA) is 0 Å². The van der Waals surface area contributed by atoms with Crippen molar-refractivity contribution in [3.8, 4) is 0 Å². The van der Waals surface area contributed by atoms with Gasteiger partial charge >= 0.3 is 0 Å². The minimum atomic E-state index is 0.672. The third kappa shape index (κ3) is 0.500. The van der Waals surface area contributed by atoms with Crippen LogP contribution in [0.3, 0.4) is 0 Å². The van der Waals surface area contributed by atoms with E-state index in [1.54, 1.807) is 0 Å². The first-order valence-electron chi connectivity index (χ1n) is 4.58. The van der Waals surface area contributed by atoms with Gasteiger partial charge in [0, 0.05) is 0 Å². The van der Waals surface area contributed by atoms with E-state index in [4.69, 9.17) is 0 Å². The van der Waals surface area contributed by atoms with Crippen LogP contribution in [0.15, 0.2) is 0 Å². The molecule has 0 heteroatoms. The van der Waals surface area contributed by atoms with E-state index in [0.29, 0.717) is 5.41 Å². The molecule has 2 fully saturated rings. The average Bonchev–Trinajstić information content (AvgIpc) is 1.77. The molecule has 0 heterocycles. The fourth-order valence-electron chi connectivity index (χ4n) is 2.95. The summed E-state index contributed by atoms with van der Waals surface area (Å²) in [5, 5.41) is 0. The van der Waals surface area contributed by atoms with Gasteiger partial charge in [0.15, 0.2) is 0 Å². The molecule has 0 aliphatic heterocycles. The lowest BCUT2D eigenvalue weighted by Gasteiger charge is -2.66. The van der Waals surface area contributed by atoms with Gasteiger partial charge in [-0.25, -0.2) is 0 Å². The summed E-state index contributed by atoms with van der Waals surface area (Å²) in [6.45, 7) is 7.32. The Hall–Kier alpha value is 0. The summed E-state index contributed by atoms with van der Waals surface area (Å²) in [4.78, 5) is 0. The summed E-state index contributed by atoms with van der Waals surface area (Å²) >= 11 is 0. The first kappa shape index (κ1) is 6.69. The number of rotatable bonds is 0. The predicted octanol–water partition coefficient (Wildman–Crippen LogP) is 3.22. The highest BCUT2D eigenvalue weighted by atomic mass is 14.6. The molecular weight excluding hydrogens is 120 g/mol. The van der Waals surface area contributed by atoms with Crippen LogP contribution >= 0.6 is 0 Å². The van der Waals surface area contributed by atoms with E-state index in [9.17, 15) is 0 Å². The van der Waals surface area contributed by atoms with Gasteiger partial charge in [-0.05, 0) is 36.0 Å². The van der Waals surface area contributed by atoms with Gasteiger partial charge in [-0.2, -0.15) is 0 Å². The lowest BCUT2D eigenvalue weighted by atomic mass is 9.39. The zero-order chi connectivity index (χ0) is 7.41. The van der Waals surface area contributed by atoms with Crippen LogP contribution in [0.5, 0.6) is 0 Å². The van der Waals surface area contributed by atoms with Crippen molar-refractivity contribution >= 4 is 0 Å². The van der Waals surface area contributed by atoms with Gasteiger partial charge < -0.3 is 0 Å². The van der Waals surface area contributed by atoms with Gasteiger partial charge in [-0.1, -0.05) is 27.2 Å². The fraction of sp³-hybridized carbons (Fsp3) is 1.00. The van der Waals surface area contributed by atoms with Crippen molar-refractivity contribution < 1.29 is 0 Å². The molecule has 0 amide bonds. The third-order valence-electron chi connectivity index (χ3n) is 4.61. The largest absolute Gasteiger partial charge is 0.0620 e. The minimum Gasteiger partial charge on any atom is -0.0620 e. The summed E-state index contributed by atoms with van der Waals surface area (Å²) in [5.41, 5.74) is 1.48. The van der Waals surface area contributed by atoms with E-state index >= 15 is 0 Å². The number of hydrogen-bond acceptors (Lipinski definition) is 0. The Morgan fingerprint density at radius 2 is 1.80 bits per heavy atom. The molecule has 0 bridgehead atoms. The Bertz CT molecular complexity index is 151. The van der Waals surface area contributed by atoms with Crippen molar-refractivity contribution in [2.45, 2.75) is 46.5 Å². The van der Waals surface area contributed by atoms with Gasteiger partial charge in [0.2, 0.25) is 0 Å². The second-order valence-electron chi connectivity index (χ2n) is 4.96. The normalized spacial score (nSPS) is 40.5. The van der Waals surface area contributed by atoms with Gasteiger partial charge in [-0.3, -0.25) is 0 Å². The zero-order valence-electron chi connectivity index (χ0n) is 7.41. The lowest BCUT2D eigenvalue weighted by Crippen LogP contribution is -2.57. The smallest absolute Gasteiger partial charge is 0.0241 e. The van der Waals surface area contributed by atoms with Crippen LogP contribution in [0.1, 0.15) is 46.5 Å². The molecule has 1 spiro atoms. The molecule has 2 aliphatic rings. The standard InChI is InChI=1S/C10H18/c1-8-7-10(5-4-6-10)9(8,2)3/h8H,4-7H2,1-3H3. The first-order valence-corrected chi connectivity index (χ1v) is 4.58. The summed E-state index contributed by atoms with van der Waals surface area (Å²) in [6, 6.07) is 0. The highest BCUT2D eigenvalue weighted by molar-refractivity contribution is 5.09. The molecule has 10 heavy (non-hydrogen) atoms. The summed E-state index contributed by atoms with van der Waals surface area (Å²) < 4.78 is 0. The molecule has 1 unspecified atom stereocenters. The molecule has 58 valence electrons. The fourth-order valence-corrected chi connectivity index (χ4v) is 2.95. The minimum absolute atomic E-state index is 0.672. The average molecular weight is 138 g/mol. The van der Waals surface area contributed by atoms with Crippen LogP contribution in [0.25, 0.3) is 0 Å². The van der Waals surface area contributed by atoms with Crippen molar-refractivity contribution in [1.29, 1.82) is 0 Å². The van der Waals surface area contributed by atoms with E-state index in [1.807, 2.05) is 0 Å². The maximum absolute atomic E-state index is 2.46. The van der Waals surface area contributed by atoms with E-state index in [-0.39, 0.29) is 0 Å². The van der Waals surface area contributed by atoms with Gasteiger partial charge in [0.25, 0.3) is 0 Å². The quantitative estimate of drug-likeness (QED) is 0.482. The monoisotopic (exact) mass is 138 g/mol. The molecule has 0 radical (unpaired) electrons. The Morgan fingerprint density at radius 1 is 1.20 bits per heavy atom. The van der Waals surface area contributed by atoms with Crippen LogP contribution in [0.4, 0.5) is 0 Å². The molecule has 0 aromatic rings. The van der Waals surface area contributed by atoms with E-state index in [0.717, 1.165) is 11.3 Å². The summed E-state index contributed by atoms with van der Waals surface area (Å²) in [6.07, 6.45) is 6.05. The Labute approximate surface area is 64.0 Å². The maximum atomic E-state index is 2.46. The van der Waals surface area contributed by atoms with Crippen molar-refractivity contribution in [3.05, 3.63) is 0 Å². The molecule has 0 N–H and O–H groups in total. The molecule has 0 nitrogen and oxygen atoms in total. The molecule has 2 saturated carbocycles. The van der Waals surface area contributed by atoms with Crippen LogP contribution in [0.2, 0.25) is 0 Å². The second-order valence-corrected chi connectivity index (χ2v) is 4.96. The predicted molar refractivity (Wildman–Crippen MR) is 43.8 cm³/mol. The number of hydrogen-bond donors (Lipinski definition) is 0. The van der Waals surface area contributed by atoms with Gasteiger partial charge in [0.1, 0.15) is 0 Å². The van der Waals surface area contributed by atoms with Crippen LogP contribution in [-0.4, -0.2) is 0 Å². The molecule has 0 aromatic carbocycles. The molecule has 0 aromatic heterocycles. The van der Waals surface area contributed by atoms with E-state index in [2.05, 4.69) is 20.8 Å². The Morgan fingerprint density at radius 3 is 1.90 bits per heavy atom. The molecular formula is C10H18. The lowest BCUT2D eigenvalue weighted by molar-refractivity contribution is -0.164.